The Morgan fingerprint density at radius 3 is 2.92 bits per heavy atom. The fourth-order valence-corrected chi connectivity index (χ4v) is 3.30. The van der Waals surface area contributed by atoms with Gasteiger partial charge in [-0.15, -0.1) is 0 Å². The highest BCUT2D eigenvalue weighted by Crippen LogP contribution is 2.26. The van der Waals surface area contributed by atoms with E-state index in [9.17, 15) is 0 Å². The lowest BCUT2D eigenvalue weighted by molar-refractivity contribution is 0.391. The molecule has 0 saturated heterocycles. The number of H-pyrrole nitrogens is 1. The number of hydrogen-bond donors (Lipinski definition) is 1. The van der Waals surface area contributed by atoms with Crippen molar-refractivity contribution in [3.63, 3.8) is 0 Å². The zero-order valence-corrected chi connectivity index (χ0v) is 14.4. The molecule has 0 radical (unpaired) electrons. The standard InChI is InChI=1S/C17H13ClN4OS/c1-10-4-2-3-5-12(10)16-21-15(23-22-16)9-24-17-19-13-7-6-11(18)8-14(13)20-17/h2-8H,9H2,1H3,(H,19,20). The molecule has 2 aromatic heterocycles. The molecule has 0 fully saturated rings. The maximum absolute atomic E-state index is 5.99. The first-order valence-electron chi connectivity index (χ1n) is 7.36. The number of fused-ring (bicyclic) bond motifs is 1. The summed E-state index contributed by atoms with van der Waals surface area (Å²) in [5.41, 5.74) is 3.90. The van der Waals surface area contributed by atoms with Crippen molar-refractivity contribution in [1.82, 2.24) is 20.1 Å². The molecular formula is C17H13ClN4OS. The molecular weight excluding hydrogens is 344 g/mol. The fraction of sp³-hybridized carbons (Fsp3) is 0.118. The van der Waals surface area contributed by atoms with Crippen LogP contribution >= 0.6 is 23.4 Å². The molecule has 0 amide bonds. The third kappa shape index (κ3) is 3.02. The maximum Gasteiger partial charge on any atom is 0.237 e. The van der Waals surface area contributed by atoms with Crippen molar-refractivity contribution in [1.29, 1.82) is 0 Å². The minimum absolute atomic E-state index is 0.548. The molecule has 0 bridgehead atoms. The first kappa shape index (κ1) is 15.2. The lowest BCUT2D eigenvalue weighted by atomic mass is 10.1. The van der Waals surface area contributed by atoms with Crippen LogP contribution in [0.2, 0.25) is 5.02 Å². The number of halogens is 1. The Balaban J connectivity index is 1.50. The van der Waals surface area contributed by atoms with Crippen molar-refractivity contribution in [3.8, 4) is 11.4 Å². The van der Waals surface area contributed by atoms with E-state index >= 15 is 0 Å². The van der Waals surface area contributed by atoms with E-state index in [1.165, 1.54) is 11.8 Å². The molecule has 0 aliphatic heterocycles. The number of thioether (sulfide) groups is 1. The van der Waals surface area contributed by atoms with E-state index in [4.69, 9.17) is 16.1 Å². The Kier molecular flexibility index (Phi) is 4.00. The highest BCUT2D eigenvalue weighted by molar-refractivity contribution is 7.98. The van der Waals surface area contributed by atoms with Crippen LogP contribution < -0.4 is 0 Å². The second-order valence-electron chi connectivity index (χ2n) is 5.32. The molecule has 4 aromatic rings. The predicted molar refractivity (Wildman–Crippen MR) is 95.1 cm³/mol. The van der Waals surface area contributed by atoms with Gasteiger partial charge >= 0.3 is 0 Å². The molecule has 0 spiro atoms. The summed E-state index contributed by atoms with van der Waals surface area (Å²) in [6, 6.07) is 13.5. The van der Waals surface area contributed by atoms with Crippen molar-refractivity contribution < 1.29 is 4.52 Å². The highest BCUT2D eigenvalue weighted by atomic mass is 35.5. The largest absolute Gasteiger partial charge is 0.338 e. The zero-order valence-electron chi connectivity index (χ0n) is 12.8. The number of aromatic amines is 1. The number of hydrogen-bond acceptors (Lipinski definition) is 5. The van der Waals surface area contributed by atoms with Crippen molar-refractivity contribution in [2.75, 3.05) is 0 Å². The van der Waals surface area contributed by atoms with Crippen LogP contribution in [-0.2, 0) is 5.75 Å². The van der Waals surface area contributed by atoms with E-state index in [2.05, 4.69) is 20.1 Å². The summed E-state index contributed by atoms with van der Waals surface area (Å²) in [6.07, 6.45) is 0. The number of aromatic nitrogens is 4. The summed E-state index contributed by atoms with van der Waals surface area (Å²) in [5, 5.41) is 5.54. The normalized spacial score (nSPS) is 11.2. The van der Waals surface area contributed by atoms with E-state index in [0.717, 1.165) is 27.3 Å². The average molecular weight is 357 g/mol. The van der Waals surface area contributed by atoms with Crippen LogP contribution in [0.3, 0.4) is 0 Å². The van der Waals surface area contributed by atoms with Gasteiger partial charge in [-0.05, 0) is 30.7 Å². The van der Waals surface area contributed by atoms with Gasteiger partial charge in [0.1, 0.15) is 0 Å². The highest BCUT2D eigenvalue weighted by Gasteiger charge is 2.12. The molecule has 2 aromatic carbocycles. The Bertz CT molecular complexity index is 1010. The van der Waals surface area contributed by atoms with Gasteiger partial charge in [0.05, 0.1) is 16.8 Å². The number of nitrogens with one attached hydrogen (secondary N) is 1. The number of aryl methyl sites for hydroxylation is 1. The minimum atomic E-state index is 0.548. The van der Waals surface area contributed by atoms with Crippen molar-refractivity contribution in [2.45, 2.75) is 17.8 Å². The number of imidazole rings is 1. The summed E-state index contributed by atoms with van der Waals surface area (Å²) in [7, 11) is 0. The lowest BCUT2D eigenvalue weighted by Gasteiger charge is -1.97. The van der Waals surface area contributed by atoms with Gasteiger partial charge in [-0.25, -0.2) is 4.98 Å². The van der Waals surface area contributed by atoms with E-state index in [-0.39, 0.29) is 0 Å². The van der Waals surface area contributed by atoms with Crippen LogP contribution in [0.4, 0.5) is 0 Å². The first-order chi connectivity index (χ1) is 11.7. The monoisotopic (exact) mass is 356 g/mol. The van der Waals surface area contributed by atoms with Crippen LogP contribution in [-0.4, -0.2) is 20.1 Å². The van der Waals surface area contributed by atoms with Crippen molar-refractivity contribution in [3.05, 3.63) is 58.9 Å². The van der Waals surface area contributed by atoms with Gasteiger partial charge in [0.15, 0.2) is 5.16 Å². The molecule has 1 N–H and O–H groups in total. The van der Waals surface area contributed by atoms with E-state index in [0.29, 0.717) is 22.5 Å². The van der Waals surface area contributed by atoms with Crippen LogP contribution in [0.1, 0.15) is 11.5 Å². The molecule has 2 heterocycles. The molecule has 0 atom stereocenters. The molecule has 5 nitrogen and oxygen atoms in total. The molecule has 0 unspecified atom stereocenters. The Labute approximate surface area is 147 Å². The quantitative estimate of drug-likeness (QED) is 0.528. The number of rotatable bonds is 4. The number of benzene rings is 2. The summed E-state index contributed by atoms with van der Waals surface area (Å²) in [6.45, 7) is 2.03. The Hall–Kier alpha value is -2.31. The summed E-state index contributed by atoms with van der Waals surface area (Å²) >= 11 is 7.50. The molecule has 0 aliphatic carbocycles. The van der Waals surface area contributed by atoms with Crippen LogP contribution in [0.5, 0.6) is 0 Å². The van der Waals surface area contributed by atoms with Crippen molar-refractivity contribution >= 4 is 34.4 Å². The second kappa shape index (κ2) is 6.30. The molecule has 0 saturated carbocycles. The zero-order chi connectivity index (χ0) is 16.5. The first-order valence-corrected chi connectivity index (χ1v) is 8.72. The summed E-state index contributed by atoms with van der Waals surface area (Å²) < 4.78 is 5.34. The van der Waals surface area contributed by atoms with Crippen molar-refractivity contribution in [2.24, 2.45) is 0 Å². The fourth-order valence-electron chi connectivity index (χ4n) is 2.40. The van der Waals surface area contributed by atoms with Crippen LogP contribution in [0, 0.1) is 6.92 Å². The second-order valence-corrected chi connectivity index (χ2v) is 6.72. The smallest absolute Gasteiger partial charge is 0.237 e. The van der Waals surface area contributed by atoms with Gasteiger partial charge < -0.3 is 9.51 Å². The van der Waals surface area contributed by atoms with Gasteiger partial charge in [0, 0.05) is 10.6 Å². The SMILES string of the molecule is Cc1ccccc1-c1noc(CSc2nc3ccc(Cl)cc3[nH]2)n1. The van der Waals surface area contributed by atoms with Gasteiger partial charge in [-0.1, -0.05) is 52.8 Å². The van der Waals surface area contributed by atoms with Gasteiger partial charge in [-0.2, -0.15) is 4.98 Å². The van der Waals surface area contributed by atoms with E-state index in [1.807, 2.05) is 49.4 Å². The Morgan fingerprint density at radius 2 is 2.04 bits per heavy atom. The van der Waals surface area contributed by atoms with E-state index < -0.39 is 0 Å². The van der Waals surface area contributed by atoms with Gasteiger partial charge in [-0.3, -0.25) is 0 Å². The lowest BCUT2D eigenvalue weighted by Crippen LogP contribution is -1.86. The third-order valence-electron chi connectivity index (χ3n) is 3.61. The molecule has 120 valence electrons. The third-order valence-corrected chi connectivity index (χ3v) is 4.70. The topological polar surface area (TPSA) is 67.6 Å². The molecule has 0 aliphatic rings. The van der Waals surface area contributed by atoms with Gasteiger partial charge in [0.25, 0.3) is 0 Å². The van der Waals surface area contributed by atoms with Crippen LogP contribution in [0.25, 0.3) is 22.4 Å². The maximum atomic E-state index is 5.99. The number of nitrogens with zero attached hydrogens (tertiary/aromatic N) is 3. The Morgan fingerprint density at radius 1 is 1.17 bits per heavy atom. The van der Waals surface area contributed by atoms with Gasteiger partial charge in [0.2, 0.25) is 11.7 Å². The summed E-state index contributed by atoms with van der Waals surface area (Å²) in [4.78, 5) is 12.2. The molecule has 7 heteroatoms. The molecule has 24 heavy (non-hydrogen) atoms. The van der Waals surface area contributed by atoms with E-state index in [1.54, 1.807) is 0 Å². The minimum Gasteiger partial charge on any atom is -0.338 e. The predicted octanol–water partition coefficient (Wildman–Crippen LogP) is 4.87. The summed E-state index contributed by atoms with van der Waals surface area (Å²) in [5.74, 6) is 1.73. The average Bonchev–Trinajstić information content (AvgIpc) is 3.19. The van der Waals surface area contributed by atoms with Crippen LogP contribution in [0.15, 0.2) is 52.1 Å². The molecule has 4 rings (SSSR count).